The molecule has 204 valence electrons. The van der Waals surface area contributed by atoms with Gasteiger partial charge in [0.2, 0.25) is 11.8 Å². The van der Waals surface area contributed by atoms with Gasteiger partial charge in [0.15, 0.2) is 0 Å². The van der Waals surface area contributed by atoms with Crippen LogP contribution in [-0.2, 0) is 34.4 Å². The van der Waals surface area contributed by atoms with E-state index in [1.807, 2.05) is 45.0 Å². The molecular weight excluding hydrogens is 510 g/mol. The van der Waals surface area contributed by atoms with Gasteiger partial charge in [-0.15, -0.1) is 0 Å². The molecule has 4 aromatic rings. The summed E-state index contributed by atoms with van der Waals surface area (Å²) in [5.74, 6) is -0.910. The zero-order valence-corrected chi connectivity index (χ0v) is 22.9. The van der Waals surface area contributed by atoms with Crippen molar-refractivity contribution >= 4 is 28.5 Å². The van der Waals surface area contributed by atoms with E-state index in [4.69, 9.17) is 4.98 Å². The van der Waals surface area contributed by atoms with Gasteiger partial charge in [-0.2, -0.15) is 0 Å². The Bertz CT molecular complexity index is 1680. The number of carbonyl (C=O) groups is 2. The first-order valence-corrected chi connectivity index (χ1v) is 13.4. The second kappa shape index (κ2) is 9.18. The smallest absolute Gasteiger partial charge is 0.237 e. The number of pyridine rings is 2. The summed E-state index contributed by atoms with van der Waals surface area (Å²) in [4.78, 5) is 37.3. The predicted molar refractivity (Wildman–Crippen MR) is 148 cm³/mol. The first kappa shape index (κ1) is 26.0. The minimum atomic E-state index is -0.702. The van der Waals surface area contributed by atoms with Crippen LogP contribution >= 0.6 is 0 Å². The molecule has 0 bridgehead atoms. The molecule has 0 saturated heterocycles. The molecule has 2 aromatic heterocycles. The number of nitrogens with one attached hydrogen (secondary N) is 1. The highest BCUT2D eigenvalue weighted by atomic mass is 19.1. The average molecular weight is 541 g/mol. The Morgan fingerprint density at radius 3 is 2.45 bits per heavy atom. The third kappa shape index (κ3) is 4.31. The van der Waals surface area contributed by atoms with Crippen molar-refractivity contribution in [1.29, 1.82) is 0 Å². The van der Waals surface area contributed by atoms with Crippen LogP contribution in [0.3, 0.4) is 0 Å². The first-order chi connectivity index (χ1) is 18.9. The van der Waals surface area contributed by atoms with Crippen LogP contribution in [0.2, 0.25) is 0 Å². The van der Waals surface area contributed by atoms with Crippen LogP contribution in [0, 0.1) is 17.0 Å². The Morgan fingerprint density at radius 2 is 1.75 bits per heavy atom. The summed E-state index contributed by atoms with van der Waals surface area (Å²) in [5, 5.41) is 3.85. The van der Waals surface area contributed by atoms with Gasteiger partial charge in [0.1, 0.15) is 17.5 Å². The SMILES string of the molecule is C[C@H](c1cc(F)cc(F)c1)N(Cc1cnc2cc3c(cc2c1)C[C@@]1(C3)C(=O)Nc2ncccc21)C(=O)C(C)(C)C. The van der Waals surface area contributed by atoms with Crippen LogP contribution < -0.4 is 5.32 Å². The fourth-order valence-corrected chi connectivity index (χ4v) is 6.04. The van der Waals surface area contributed by atoms with Crippen LogP contribution in [-0.4, -0.2) is 26.7 Å². The van der Waals surface area contributed by atoms with Crippen molar-refractivity contribution in [2.24, 2.45) is 5.41 Å². The van der Waals surface area contributed by atoms with Crippen LogP contribution in [0.15, 0.2) is 60.9 Å². The molecule has 6 rings (SSSR count). The summed E-state index contributed by atoms with van der Waals surface area (Å²) in [6.07, 6.45) is 4.58. The highest BCUT2D eigenvalue weighted by Crippen LogP contribution is 2.47. The molecule has 8 heteroatoms. The van der Waals surface area contributed by atoms with Crippen molar-refractivity contribution in [3.8, 4) is 0 Å². The molecule has 3 heterocycles. The van der Waals surface area contributed by atoms with Gasteiger partial charge in [0, 0.05) is 41.4 Å². The topological polar surface area (TPSA) is 75.2 Å². The van der Waals surface area contributed by atoms with Gasteiger partial charge in [-0.05, 0) is 78.4 Å². The highest BCUT2D eigenvalue weighted by Gasteiger charge is 2.51. The second-order valence-electron chi connectivity index (χ2n) is 12.0. The maximum atomic E-state index is 14.0. The van der Waals surface area contributed by atoms with Crippen LogP contribution in [0.1, 0.15) is 61.6 Å². The highest BCUT2D eigenvalue weighted by molar-refractivity contribution is 6.06. The maximum Gasteiger partial charge on any atom is 0.237 e. The zero-order valence-electron chi connectivity index (χ0n) is 22.9. The average Bonchev–Trinajstić information content (AvgIpc) is 3.40. The molecule has 0 saturated carbocycles. The van der Waals surface area contributed by atoms with E-state index in [0.717, 1.165) is 39.2 Å². The summed E-state index contributed by atoms with van der Waals surface area (Å²) >= 11 is 0. The number of fused-ring (bicyclic) bond motifs is 4. The second-order valence-corrected chi connectivity index (χ2v) is 12.0. The van der Waals surface area contributed by atoms with Crippen LogP contribution in [0.4, 0.5) is 14.6 Å². The summed E-state index contributed by atoms with van der Waals surface area (Å²) in [5.41, 5.74) is 3.72. The lowest BCUT2D eigenvalue weighted by molar-refractivity contribution is -0.142. The van der Waals surface area contributed by atoms with Crippen molar-refractivity contribution in [2.75, 3.05) is 5.32 Å². The van der Waals surface area contributed by atoms with Crippen LogP contribution in [0.5, 0.6) is 0 Å². The number of hydrogen-bond donors (Lipinski definition) is 1. The Balaban J connectivity index is 1.34. The molecule has 2 aliphatic rings. The van der Waals surface area contributed by atoms with Crippen molar-refractivity contribution in [2.45, 2.75) is 58.5 Å². The molecule has 1 N–H and O–H groups in total. The standard InChI is InChI=1S/C32H30F2N4O2/c1-18(20-10-24(33)13-25(34)11-20)38(30(40)31(2,3)4)17-19-8-21-9-22-14-32(15-23(22)12-27(21)36-16-19)26-6-5-7-35-28(26)37-29(32)39/h5-13,16,18H,14-15,17H2,1-4H3,(H,35,37,39)/t18-,32+/m1/s1. The van der Waals surface area contributed by atoms with Gasteiger partial charge in [-0.25, -0.2) is 13.8 Å². The molecule has 2 amide bonds. The van der Waals surface area contributed by atoms with Gasteiger partial charge in [-0.1, -0.05) is 26.8 Å². The Kier molecular flexibility index (Phi) is 5.98. The van der Waals surface area contributed by atoms with Gasteiger partial charge in [0.05, 0.1) is 17.0 Å². The zero-order chi connectivity index (χ0) is 28.4. The molecule has 40 heavy (non-hydrogen) atoms. The fraction of sp³-hybridized carbons (Fsp3) is 0.312. The third-order valence-electron chi connectivity index (χ3n) is 8.12. The van der Waals surface area contributed by atoms with Crippen molar-refractivity contribution in [1.82, 2.24) is 14.9 Å². The minimum absolute atomic E-state index is 0.0331. The number of carbonyl (C=O) groups excluding carboxylic acids is 2. The van der Waals surface area contributed by atoms with Gasteiger partial charge >= 0.3 is 0 Å². The molecule has 0 radical (unpaired) electrons. The largest absolute Gasteiger partial charge is 0.331 e. The van der Waals surface area contributed by atoms with E-state index in [-0.39, 0.29) is 18.4 Å². The molecule has 0 unspecified atom stereocenters. The van der Waals surface area contributed by atoms with Gasteiger partial charge in [0.25, 0.3) is 0 Å². The number of halogens is 2. The third-order valence-corrected chi connectivity index (χ3v) is 8.12. The molecule has 2 atom stereocenters. The lowest BCUT2D eigenvalue weighted by Crippen LogP contribution is -2.40. The Morgan fingerprint density at radius 1 is 1.05 bits per heavy atom. The molecular formula is C32H30F2N4O2. The number of amides is 2. The van der Waals surface area contributed by atoms with Gasteiger partial charge < -0.3 is 10.2 Å². The number of anilines is 1. The monoisotopic (exact) mass is 540 g/mol. The van der Waals surface area contributed by atoms with E-state index in [1.54, 1.807) is 24.2 Å². The Labute approximate surface area is 231 Å². The van der Waals surface area contributed by atoms with Crippen molar-refractivity contribution in [3.63, 3.8) is 0 Å². The number of benzene rings is 2. The molecule has 6 nitrogen and oxygen atoms in total. The quantitative estimate of drug-likeness (QED) is 0.343. The summed E-state index contributed by atoms with van der Waals surface area (Å²) < 4.78 is 28.1. The van der Waals surface area contributed by atoms with E-state index in [0.29, 0.717) is 24.2 Å². The Hall–Kier alpha value is -4.20. The van der Waals surface area contributed by atoms with E-state index in [2.05, 4.69) is 16.4 Å². The fourth-order valence-electron chi connectivity index (χ4n) is 6.04. The molecule has 2 aromatic carbocycles. The molecule has 1 aliphatic heterocycles. The normalized spacial score (nSPS) is 18.5. The van der Waals surface area contributed by atoms with E-state index < -0.39 is 28.5 Å². The molecule has 1 aliphatic carbocycles. The van der Waals surface area contributed by atoms with E-state index in [1.165, 1.54) is 12.1 Å². The lowest BCUT2D eigenvalue weighted by Gasteiger charge is -2.35. The van der Waals surface area contributed by atoms with Crippen molar-refractivity contribution in [3.05, 3.63) is 100 Å². The minimum Gasteiger partial charge on any atom is -0.331 e. The molecule has 0 fully saturated rings. The number of hydrogen-bond acceptors (Lipinski definition) is 4. The maximum absolute atomic E-state index is 14.0. The van der Waals surface area contributed by atoms with Gasteiger partial charge in [-0.3, -0.25) is 14.6 Å². The number of nitrogens with zero attached hydrogens (tertiary/aromatic N) is 3. The summed E-state index contributed by atoms with van der Waals surface area (Å²) in [6.45, 7) is 7.47. The molecule has 1 spiro atoms. The van der Waals surface area contributed by atoms with E-state index >= 15 is 0 Å². The first-order valence-electron chi connectivity index (χ1n) is 13.4. The van der Waals surface area contributed by atoms with E-state index in [9.17, 15) is 18.4 Å². The van der Waals surface area contributed by atoms with Crippen molar-refractivity contribution < 1.29 is 18.4 Å². The predicted octanol–water partition coefficient (Wildman–Crippen LogP) is 6.03. The number of aromatic nitrogens is 2. The number of rotatable bonds is 4. The van der Waals surface area contributed by atoms with Crippen LogP contribution in [0.25, 0.3) is 10.9 Å². The summed E-state index contributed by atoms with van der Waals surface area (Å²) in [7, 11) is 0. The lowest BCUT2D eigenvalue weighted by atomic mass is 9.79. The summed E-state index contributed by atoms with van der Waals surface area (Å²) in [6, 6.07) is 12.7.